The summed E-state index contributed by atoms with van der Waals surface area (Å²) in [6, 6.07) is 20.3. The second-order valence-electron chi connectivity index (χ2n) is 14.1. The van der Waals surface area contributed by atoms with E-state index in [1.54, 1.807) is 50.5 Å². The number of nitrogens with zero attached hydrogens (tertiary/aromatic N) is 4. The molecule has 2 aromatic carbocycles. The van der Waals surface area contributed by atoms with Crippen LogP contribution in [0.15, 0.2) is 85.2 Å². The summed E-state index contributed by atoms with van der Waals surface area (Å²) >= 11 is 0. The van der Waals surface area contributed by atoms with Crippen LogP contribution in [0, 0.1) is 37.1 Å². The van der Waals surface area contributed by atoms with Crippen LogP contribution in [0.2, 0.25) is 0 Å². The smallest absolute Gasteiger partial charge is 0.394 e. The van der Waals surface area contributed by atoms with Crippen molar-refractivity contribution in [3.05, 3.63) is 129 Å². The Labute approximate surface area is 329 Å². The summed E-state index contributed by atoms with van der Waals surface area (Å²) in [7, 11) is 1.57. The van der Waals surface area contributed by atoms with Gasteiger partial charge in [-0.25, -0.2) is 13.1 Å². The number of benzene rings is 2. The van der Waals surface area contributed by atoms with Gasteiger partial charge in [0.1, 0.15) is 36.7 Å². The van der Waals surface area contributed by atoms with Crippen molar-refractivity contribution in [3.8, 4) is 23.6 Å². The molecule has 4 rings (SSSR count). The fourth-order valence-corrected chi connectivity index (χ4v) is 7.63. The lowest BCUT2D eigenvalue weighted by molar-refractivity contribution is -0.154. The number of aliphatic hydroxyl groups excluding tert-OH is 2. The van der Waals surface area contributed by atoms with Crippen molar-refractivity contribution in [2.24, 2.45) is 11.8 Å². The van der Waals surface area contributed by atoms with E-state index in [9.17, 15) is 19.8 Å². The van der Waals surface area contributed by atoms with Crippen molar-refractivity contribution in [1.82, 2.24) is 0 Å². The summed E-state index contributed by atoms with van der Waals surface area (Å²) in [6.45, 7) is 29.5. The molecule has 12 nitrogen and oxygen atoms in total. The lowest BCUT2D eigenvalue weighted by Gasteiger charge is -2.37. The maximum Gasteiger partial charge on any atom is 0.394 e. The molecule has 0 spiro atoms. The predicted molar refractivity (Wildman–Crippen MR) is 212 cm³/mol. The molecular weight excluding hydrogens is 713 g/mol. The van der Waals surface area contributed by atoms with Gasteiger partial charge in [-0.2, -0.15) is 0 Å². The standard InChI is InChI=1S/C44H50N4O8/c1-9-47-29(2)43(45-6,39-25-35(51)15-21-41(39)55-31(4)49)27-34-13-19-38(20-14-34)54-24-10-23-48-30(3)44(46-7,28-33-11-17-37(53-8)18-12-33)40-26-36(52)16-22-42(40)56-32(5)50/h11-14,16-20,22,35-36,39-42,51-52H,2-3,10,15,21,24-28H2,1,4-5,8H3/q+2. The van der Waals surface area contributed by atoms with Crippen LogP contribution in [0.3, 0.4) is 0 Å². The number of aliphatic hydroxyl groups is 2. The number of carbonyl (C=O) groups is 2. The molecule has 2 aliphatic rings. The minimum absolute atomic E-state index is 0.158. The molecule has 1 fully saturated rings. The Hall–Kier alpha value is -5.92. The molecule has 56 heavy (non-hydrogen) atoms. The third-order valence-corrected chi connectivity index (χ3v) is 10.4. The molecule has 12 heteroatoms. The van der Waals surface area contributed by atoms with E-state index < -0.39 is 59.3 Å². The Kier molecular flexibility index (Phi) is 15.0. The molecule has 1 saturated carbocycles. The molecule has 0 aliphatic heterocycles. The van der Waals surface area contributed by atoms with E-state index in [4.69, 9.17) is 32.1 Å². The highest BCUT2D eigenvalue weighted by molar-refractivity contribution is 5.67. The van der Waals surface area contributed by atoms with Gasteiger partial charge >= 0.3 is 34.4 Å². The van der Waals surface area contributed by atoms with Gasteiger partial charge in [-0.1, -0.05) is 30.3 Å². The van der Waals surface area contributed by atoms with Gasteiger partial charge in [0.15, 0.2) is 0 Å². The van der Waals surface area contributed by atoms with E-state index in [1.807, 2.05) is 24.3 Å². The number of rotatable bonds is 14. The molecule has 292 valence electrons. The van der Waals surface area contributed by atoms with E-state index in [0.29, 0.717) is 24.3 Å². The van der Waals surface area contributed by atoms with Gasteiger partial charge < -0.3 is 29.2 Å². The van der Waals surface area contributed by atoms with Crippen LogP contribution in [-0.4, -0.2) is 71.4 Å². The first-order valence-corrected chi connectivity index (χ1v) is 18.5. The fourth-order valence-electron chi connectivity index (χ4n) is 7.63. The molecule has 2 aliphatic carbocycles. The van der Waals surface area contributed by atoms with Crippen molar-refractivity contribution in [2.45, 2.75) is 101 Å². The van der Waals surface area contributed by atoms with Gasteiger partial charge in [-0.05, 0) is 90.0 Å². The summed E-state index contributed by atoms with van der Waals surface area (Å²) in [5, 5.41) is 21.2. The summed E-state index contributed by atoms with van der Waals surface area (Å²) in [5.74, 6) is -0.924. The van der Waals surface area contributed by atoms with E-state index >= 15 is 0 Å². The van der Waals surface area contributed by atoms with E-state index in [2.05, 4.69) is 44.7 Å². The van der Waals surface area contributed by atoms with Gasteiger partial charge in [-0.15, -0.1) is 0 Å². The summed E-state index contributed by atoms with van der Waals surface area (Å²) in [4.78, 5) is 40.9. The molecule has 0 bridgehead atoms. The lowest BCUT2D eigenvalue weighted by Crippen LogP contribution is -2.49. The summed E-state index contributed by atoms with van der Waals surface area (Å²) < 4.78 is 22.5. The molecule has 0 radical (unpaired) electrons. The Balaban J connectivity index is 1.50. The zero-order chi connectivity index (χ0) is 40.9. The quantitative estimate of drug-likeness (QED) is 0.0893. The number of ether oxygens (including phenoxy) is 4. The molecule has 2 N–H and O–H groups in total. The van der Waals surface area contributed by atoms with E-state index in [1.165, 1.54) is 13.8 Å². The van der Waals surface area contributed by atoms with Crippen LogP contribution < -0.4 is 9.47 Å². The Bertz CT molecular complexity index is 1990. The molecule has 0 aromatic heterocycles. The second kappa shape index (κ2) is 19.6. The summed E-state index contributed by atoms with van der Waals surface area (Å²) in [5.41, 5.74) is -0.566. The fraction of sp³-hybridized carbons (Fsp3) is 0.455. The van der Waals surface area contributed by atoms with Gasteiger partial charge in [0.05, 0.1) is 50.9 Å². The number of hydrogen-bond donors (Lipinski definition) is 2. The van der Waals surface area contributed by atoms with Crippen molar-refractivity contribution in [3.63, 3.8) is 0 Å². The monoisotopic (exact) mass is 762 g/mol. The van der Waals surface area contributed by atoms with Crippen LogP contribution in [0.4, 0.5) is 0 Å². The first-order chi connectivity index (χ1) is 26.8. The minimum Gasteiger partial charge on any atom is -0.497 e. The number of hydrogen-bond acceptors (Lipinski definition) is 8. The topological polar surface area (TPSA) is 129 Å². The molecule has 0 amide bonds. The first kappa shape index (κ1) is 42.8. The number of esters is 2. The SMILES string of the molecule is [C-]#[N+]C(Cc1ccc(OC)cc1)(C(=C)[N+]#CCCOc1ccc(CC([N+]#[C-])(C(=C)[N+]#CC)C2CC(O)CCC2OC(C)=O)cc1)C1CC(O)C=CC1OC(C)=O. The molecular formula is C44H50N4O8+2. The number of carbonyl (C=O) groups excluding carboxylic acids is 2. The number of methoxy groups -OCH3 is 1. The van der Waals surface area contributed by atoms with Crippen LogP contribution in [0.25, 0.3) is 19.4 Å². The maximum absolute atomic E-state index is 12.1. The van der Waals surface area contributed by atoms with Gasteiger partial charge in [0, 0.05) is 13.8 Å². The highest BCUT2D eigenvalue weighted by atomic mass is 16.5. The van der Waals surface area contributed by atoms with Crippen LogP contribution in [-0.2, 0) is 31.9 Å². The Morgan fingerprint density at radius 3 is 1.95 bits per heavy atom. The second-order valence-corrected chi connectivity index (χ2v) is 14.1. The Morgan fingerprint density at radius 2 is 1.39 bits per heavy atom. The molecule has 2 aromatic rings. The molecule has 8 atom stereocenters. The Morgan fingerprint density at radius 1 is 0.821 bits per heavy atom. The van der Waals surface area contributed by atoms with Crippen LogP contribution in [0.5, 0.6) is 11.5 Å². The zero-order valence-corrected chi connectivity index (χ0v) is 32.4. The third-order valence-electron chi connectivity index (χ3n) is 10.4. The highest BCUT2D eigenvalue weighted by Gasteiger charge is 2.61. The molecule has 0 heterocycles. The van der Waals surface area contributed by atoms with Crippen LogP contribution in [0.1, 0.15) is 64.0 Å². The first-order valence-electron chi connectivity index (χ1n) is 18.5. The average Bonchev–Trinajstić information content (AvgIpc) is 3.18. The summed E-state index contributed by atoms with van der Waals surface area (Å²) in [6.07, 6.45) is 2.29. The van der Waals surface area contributed by atoms with Crippen molar-refractivity contribution in [1.29, 1.82) is 0 Å². The normalized spacial score (nSPS) is 23.4. The zero-order valence-electron chi connectivity index (χ0n) is 32.4. The third kappa shape index (κ3) is 10.4. The van der Waals surface area contributed by atoms with Crippen LogP contribution >= 0.6 is 0 Å². The predicted octanol–water partition coefficient (Wildman–Crippen LogP) is 7.24. The average molecular weight is 763 g/mol. The molecule has 8 unspecified atom stereocenters. The molecule has 0 saturated heterocycles. The largest absolute Gasteiger partial charge is 0.497 e. The van der Waals surface area contributed by atoms with E-state index in [-0.39, 0.29) is 50.1 Å². The van der Waals surface area contributed by atoms with Crippen molar-refractivity contribution < 1.29 is 38.7 Å². The minimum atomic E-state index is -1.38. The lowest BCUT2D eigenvalue weighted by atomic mass is 9.68. The van der Waals surface area contributed by atoms with Crippen molar-refractivity contribution in [2.75, 3.05) is 13.7 Å². The van der Waals surface area contributed by atoms with E-state index in [0.717, 1.165) is 11.1 Å². The van der Waals surface area contributed by atoms with Crippen molar-refractivity contribution >= 4 is 11.9 Å². The maximum atomic E-state index is 12.1. The van der Waals surface area contributed by atoms with Gasteiger partial charge in [0.2, 0.25) is 0 Å². The highest BCUT2D eigenvalue weighted by Crippen LogP contribution is 2.45. The van der Waals surface area contributed by atoms with Gasteiger partial charge in [0.25, 0.3) is 12.1 Å². The van der Waals surface area contributed by atoms with Gasteiger partial charge in [-0.3, -0.25) is 19.3 Å².